The van der Waals surface area contributed by atoms with Gasteiger partial charge in [-0.25, -0.2) is 0 Å². The summed E-state index contributed by atoms with van der Waals surface area (Å²) in [5.74, 6) is 0. The minimum atomic E-state index is 0.596. The fourth-order valence-corrected chi connectivity index (χ4v) is 4.29. The molecule has 0 spiro atoms. The van der Waals surface area contributed by atoms with Crippen molar-refractivity contribution in [2.75, 3.05) is 13.1 Å². The van der Waals surface area contributed by atoms with E-state index in [0.717, 1.165) is 12.1 Å². The van der Waals surface area contributed by atoms with Gasteiger partial charge in [0.05, 0.1) is 0 Å². The largest absolute Gasteiger partial charge is 0.312 e. The Kier molecular flexibility index (Phi) is 4.97. The van der Waals surface area contributed by atoms with Crippen LogP contribution in [0.3, 0.4) is 0 Å². The van der Waals surface area contributed by atoms with Gasteiger partial charge in [-0.1, -0.05) is 43.2 Å². The number of nitrogens with one attached hydrogen (secondary N) is 1. The van der Waals surface area contributed by atoms with Crippen LogP contribution in [-0.2, 0) is 0 Å². The zero-order valence-corrected chi connectivity index (χ0v) is 13.6. The van der Waals surface area contributed by atoms with Crippen LogP contribution in [0.1, 0.15) is 62.6 Å². The highest BCUT2D eigenvalue weighted by atomic mass is 15.2. The zero-order valence-electron chi connectivity index (χ0n) is 13.6. The molecule has 0 aliphatic carbocycles. The van der Waals surface area contributed by atoms with E-state index in [2.05, 4.69) is 48.3 Å². The van der Waals surface area contributed by atoms with Crippen LogP contribution < -0.4 is 5.32 Å². The lowest BCUT2D eigenvalue weighted by Gasteiger charge is -2.44. The van der Waals surface area contributed by atoms with Gasteiger partial charge in [0.15, 0.2) is 0 Å². The molecule has 2 fully saturated rings. The average molecular weight is 286 g/mol. The quantitative estimate of drug-likeness (QED) is 0.898. The topological polar surface area (TPSA) is 15.3 Å². The molecule has 0 bridgehead atoms. The van der Waals surface area contributed by atoms with Crippen LogP contribution in [0.2, 0.25) is 0 Å². The van der Waals surface area contributed by atoms with Crippen LogP contribution in [0.4, 0.5) is 0 Å². The number of nitrogens with zero attached hydrogens (tertiary/aromatic N) is 1. The van der Waals surface area contributed by atoms with Crippen molar-refractivity contribution in [2.45, 2.75) is 70.5 Å². The summed E-state index contributed by atoms with van der Waals surface area (Å²) >= 11 is 0. The number of benzene rings is 1. The molecule has 2 nitrogen and oxygen atoms in total. The normalized spacial score (nSPS) is 28.7. The number of rotatable bonds is 4. The average Bonchev–Trinajstić information content (AvgIpc) is 3.05. The molecule has 3 rings (SSSR count). The third-order valence-corrected chi connectivity index (χ3v) is 5.40. The summed E-state index contributed by atoms with van der Waals surface area (Å²) in [6.07, 6.45) is 8.09. The van der Waals surface area contributed by atoms with Crippen LogP contribution in [-0.4, -0.2) is 30.1 Å². The number of likely N-dealkylation sites (tertiary alicyclic amines) is 1. The summed E-state index contributed by atoms with van der Waals surface area (Å²) in [4.78, 5) is 2.82. The first-order valence-electron chi connectivity index (χ1n) is 8.85. The van der Waals surface area contributed by atoms with Gasteiger partial charge >= 0.3 is 0 Å². The molecule has 3 atom stereocenters. The predicted molar refractivity (Wildman–Crippen MR) is 89.6 cm³/mol. The summed E-state index contributed by atoms with van der Waals surface area (Å²) in [5, 5.41) is 3.75. The fraction of sp³-hybridized carbons (Fsp3) is 0.684. The Morgan fingerprint density at radius 1 is 1.14 bits per heavy atom. The molecule has 0 amide bonds. The van der Waals surface area contributed by atoms with Gasteiger partial charge in [0.2, 0.25) is 0 Å². The summed E-state index contributed by atoms with van der Waals surface area (Å²) < 4.78 is 0. The Labute approximate surface area is 129 Å². The summed E-state index contributed by atoms with van der Waals surface area (Å²) in [5.41, 5.74) is 2.87. The van der Waals surface area contributed by atoms with E-state index >= 15 is 0 Å². The van der Waals surface area contributed by atoms with Crippen molar-refractivity contribution in [3.63, 3.8) is 0 Å². The Hall–Kier alpha value is -0.860. The van der Waals surface area contributed by atoms with Crippen LogP contribution in [0.15, 0.2) is 24.3 Å². The maximum atomic E-state index is 3.75. The molecule has 0 aromatic heterocycles. The maximum Gasteiger partial charge on any atom is 0.0349 e. The molecule has 2 heterocycles. The van der Waals surface area contributed by atoms with Gasteiger partial charge in [0, 0.05) is 18.1 Å². The van der Waals surface area contributed by atoms with E-state index in [1.54, 1.807) is 0 Å². The summed E-state index contributed by atoms with van der Waals surface area (Å²) in [6, 6.07) is 11.3. The van der Waals surface area contributed by atoms with E-state index in [1.165, 1.54) is 62.7 Å². The van der Waals surface area contributed by atoms with E-state index in [0.29, 0.717) is 6.04 Å². The van der Waals surface area contributed by atoms with E-state index < -0.39 is 0 Å². The molecule has 2 aliphatic heterocycles. The number of hydrogen-bond donors (Lipinski definition) is 1. The molecular formula is C19H30N2. The Bertz CT molecular complexity index is 433. The lowest BCUT2D eigenvalue weighted by Crippen LogP contribution is -2.51. The standard InChI is InChI=1S/C19H30N2/c1-3-18(16-11-9-15(2)10-12-16)21-14-5-4-8-19(21)17-7-6-13-20-17/h9-12,17-20H,3-8,13-14H2,1-2H3. The lowest BCUT2D eigenvalue weighted by molar-refractivity contribution is 0.0702. The van der Waals surface area contributed by atoms with Gasteiger partial charge in [-0.15, -0.1) is 0 Å². The molecular weight excluding hydrogens is 256 g/mol. The Morgan fingerprint density at radius 3 is 2.62 bits per heavy atom. The van der Waals surface area contributed by atoms with Crippen molar-refractivity contribution in [3.8, 4) is 0 Å². The Morgan fingerprint density at radius 2 is 1.95 bits per heavy atom. The molecule has 21 heavy (non-hydrogen) atoms. The zero-order chi connectivity index (χ0) is 14.7. The van der Waals surface area contributed by atoms with E-state index in [-0.39, 0.29) is 0 Å². The van der Waals surface area contributed by atoms with Crippen LogP contribution >= 0.6 is 0 Å². The van der Waals surface area contributed by atoms with Crippen molar-refractivity contribution in [3.05, 3.63) is 35.4 Å². The van der Waals surface area contributed by atoms with Crippen molar-refractivity contribution < 1.29 is 0 Å². The molecule has 0 radical (unpaired) electrons. The lowest BCUT2D eigenvalue weighted by atomic mass is 9.90. The highest BCUT2D eigenvalue weighted by molar-refractivity contribution is 5.24. The number of piperidine rings is 1. The molecule has 1 aromatic carbocycles. The van der Waals surface area contributed by atoms with Gasteiger partial charge in [-0.05, 0) is 57.7 Å². The highest BCUT2D eigenvalue weighted by Gasteiger charge is 2.35. The van der Waals surface area contributed by atoms with Crippen molar-refractivity contribution in [1.29, 1.82) is 0 Å². The molecule has 1 aromatic rings. The van der Waals surface area contributed by atoms with E-state index in [9.17, 15) is 0 Å². The SMILES string of the molecule is CCC(c1ccc(C)cc1)N1CCCCC1C1CCCN1. The van der Waals surface area contributed by atoms with Crippen LogP contribution in [0.5, 0.6) is 0 Å². The monoisotopic (exact) mass is 286 g/mol. The first-order valence-corrected chi connectivity index (χ1v) is 8.85. The van der Waals surface area contributed by atoms with Crippen LogP contribution in [0, 0.1) is 6.92 Å². The van der Waals surface area contributed by atoms with Crippen molar-refractivity contribution in [1.82, 2.24) is 10.2 Å². The summed E-state index contributed by atoms with van der Waals surface area (Å²) in [7, 11) is 0. The second-order valence-corrected chi connectivity index (χ2v) is 6.84. The van der Waals surface area contributed by atoms with E-state index in [1.807, 2.05) is 0 Å². The Balaban J connectivity index is 1.80. The van der Waals surface area contributed by atoms with Gasteiger partial charge in [0.25, 0.3) is 0 Å². The second kappa shape index (κ2) is 6.93. The highest BCUT2D eigenvalue weighted by Crippen LogP contribution is 2.34. The molecule has 2 heteroatoms. The van der Waals surface area contributed by atoms with Gasteiger partial charge in [0.1, 0.15) is 0 Å². The molecule has 3 unspecified atom stereocenters. The molecule has 2 saturated heterocycles. The number of aryl methyl sites for hydroxylation is 1. The maximum absolute atomic E-state index is 3.75. The third-order valence-electron chi connectivity index (χ3n) is 5.40. The molecule has 2 aliphatic rings. The smallest absolute Gasteiger partial charge is 0.0349 e. The van der Waals surface area contributed by atoms with Gasteiger partial charge < -0.3 is 5.32 Å². The fourth-order valence-electron chi connectivity index (χ4n) is 4.29. The minimum Gasteiger partial charge on any atom is -0.312 e. The third kappa shape index (κ3) is 3.32. The first kappa shape index (κ1) is 15.1. The number of hydrogen-bond acceptors (Lipinski definition) is 2. The van der Waals surface area contributed by atoms with E-state index in [4.69, 9.17) is 0 Å². The first-order chi connectivity index (χ1) is 10.3. The summed E-state index contributed by atoms with van der Waals surface area (Å²) in [6.45, 7) is 7.01. The van der Waals surface area contributed by atoms with Gasteiger partial charge in [-0.3, -0.25) is 4.90 Å². The van der Waals surface area contributed by atoms with Gasteiger partial charge in [-0.2, -0.15) is 0 Å². The van der Waals surface area contributed by atoms with Crippen molar-refractivity contribution in [2.24, 2.45) is 0 Å². The van der Waals surface area contributed by atoms with Crippen LogP contribution in [0.25, 0.3) is 0 Å². The predicted octanol–water partition coefficient (Wildman–Crippen LogP) is 4.05. The second-order valence-electron chi connectivity index (χ2n) is 6.84. The molecule has 1 N–H and O–H groups in total. The minimum absolute atomic E-state index is 0.596. The van der Waals surface area contributed by atoms with Crippen molar-refractivity contribution >= 4 is 0 Å². The molecule has 116 valence electrons. The molecule has 0 saturated carbocycles.